The van der Waals surface area contributed by atoms with E-state index in [1.165, 1.54) is 5.56 Å². The quantitative estimate of drug-likeness (QED) is 0.180. The second-order valence-electron chi connectivity index (χ2n) is 11.1. The summed E-state index contributed by atoms with van der Waals surface area (Å²) in [5, 5.41) is 3.30. The molecule has 0 amide bonds. The van der Waals surface area contributed by atoms with E-state index in [1.807, 2.05) is 65.4 Å². The van der Waals surface area contributed by atoms with Crippen molar-refractivity contribution < 1.29 is 30.5 Å². The van der Waals surface area contributed by atoms with Crippen LogP contribution in [-0.2, 0) is 32.2 Å². The van der Waals surface area contributed by atoms with Crippen molar-refractivity contribution in [2.45, 2.75) is 38.6 Å². The van der Waals surface area contributed by atoms with Gasteiger partial charge in [-0.15, -0.1) is 0 Å². The summed E-state index contributed by atoms with van der Waals surface area (Å²) >= 11 is 0. The van der Waals surface area contributed by atoms with Crippen LogP contribution >= 0.6 is 0 Å². The highest BCUT2D eigenvalue weighted by atomic mass is 32.2. The molecule has 0 bridgehead atoms. The van der Waals surface area contributed by atoms with Crippen LogP contribution in [0.5, 0.6) is 0 Å². The normalized spacial score (nSPS) is 16.2. The second-order valence-corrected chi connectivity index (χ2v) is 14.3. The number of fused-ring (bicyclic) bond motifs is 4. The Morgan fingerprint density at radius 3 is 2.24 bits per heavy atom. The maximum absolute atomic E-state index is 11.5. The number of rotatable bonds is 10. The summed E-state index contributed by atoms with van der Waals surface area (Å²) in [6, 6.07) is 22.3. The molecule has 0 unspecified atom stereocenters. The van der Waals surface area contributed by atoms with Crippen LogP contribution in [0.25, 0.3) is 27.8 Å². The van der Waals surface area contributed by atoms with E-state index < -0.39 is 20.2 Å². The van der Waals surface area contributed by atoms with Gasteiger partial charge in [0.05, 0.1) is 16.9 Å². The van der Waals surface area contributed by atoms with Crippen LogP contribution in [0, 0.1) is 0 Å². The van der Waals surface area contributed by atoms with Crippen molar-refractivity contribution in [1.29, 1.82) is 0 Å². The molecule has 0 saturated carbocycles. The first kappa shape index (κ1) is 29.9. The van der Waals surface area contributed by atoms with E-state index in [9.17, 15) is 21.4 Å². The SMILES string of the molecule is CC1(C)C(=CC=Cc2cc[n+](CCCS(=O)(=O)O)c3ccccc23)N(CCCS(=O)(=O)O)c2ccc3ccccc3c21. The summed E-state index contributed by atoms with van der Waals surface area (Å²) in [5.74, 6) is -0.603. The predicted molar refractivity (Wildman–Crippen MR) is 168 cm³/mol. The Morgan fingerprint density at radius 2 is 1.50 bits per heavy atom. The highest BCUT2D eigenvalue weighted by Crippen LogP contribution is 2.50. The fourth-order valence-electron chi connectivity index (χ4n) is 5.99. The average molecular weight is 608 g/mol. The monoisotopic (exact) mass is 607 g/mol. The molecule has 220 valence electrons. The third-order valence-electron chi connectivity index (χ3n) is 7.83. The lowest BCUT2D eigenvalue weighted by molar-refractivity contribution is -0.671. The van der Waals surface area contributed by atoms with Crippen LogP contribution in [0.3, 0.4) is 0 Å². The molecular weight excluding hydrogens is 572 g/mol. The van der Waals surface area contributed by atoms with Crippen molar-refractivity contribution in [3.8, 4) is 0 Å². The highest BCUT2D eigenvalue weighted by Gasteiger charge is 2.40. The summed E-state index contributed by atoms with van der Waals surface area (Å²) in [6.45, 7) is 5.24. The maximum Gasteiger partial charge on any atom is 0.265 e. The van der Waals surface area contributed by atoms with E-state index >= 15 is 0 Å². The zero-order valence-corrected chi connectivity index (χ0v) is 25.3. The molecule has 5 rings (SSSR count). The number of pyridine rings is 1. The van der Waals surface area contributed by atoms with Gasteiger partial charge in [0.1, 0.15) is 6.54 Å². The number of hydrogen-bond donors (Lipinski definition) is 2. The van der Waals surface area contributed by atoms with E-state index in [4.69, 9.17) is 4.55 Å². The first-order chi connectivity index (χ1) is 19.9. The van der Waals surface area contributed by atoms with Gasteiger partial charge >= 0.3 is 0 Å². The number of para-hydroxylation sites is 1. The van der Waals surface area contributed by atoms with Gasteiger partial charge in [-0.2, -0.15) is 21.4 Å². The smallest absolute Gasteiger partial charge is 0.265 e. The van der Waals surface area contributed by atoms with E-state index in [1.54, 1.807) is 0 Å². The molecule has 0 aliphatic carbocycles. The molecule has 1 aliphatic rings. The van der Waals surface area contributed by atoms with Crippen molar-refractivity contribution >= 4 is 53.7 Å². The molecule has 2 heterocycles. The van der Waals surface area contributed by atoms with Crippen molar-refractivity contribution in [1.82, 2.24) is 0 Å². The molecule has 1 aromatic heterocycles. The number of aryl methyl sites for hydroxylation is 1. The lowest BCUT2D eigenvalue weighted by atomic mass is 9.81. The topological polar surface area (TPSA) is 116 Å². The fraction of sp³-hybridized carbons (Fsp3) is 0.281. The molecule has 0 radical (unpaired) electrons. The Morgan fingerprint density at radius 1 is 0.833 bits per heavy atom. The molecule has 8 nitrogen and oxygen atoms in total. The largest absolute Gasteiger partial charge is 0.344 e. The number of allylic oxidation sites excluding steroid dienone is 3. The van der Waals surface area contributed by atoms with Gasteiger partial charge in [-0.3, -0.25) is 9.11 Å². The molecule has 0 spiro atoms. The molecule has 0 atom stereocenters. The molecule has 4 aromatic rings. The fourth-order valence-corrected chi connectivity index (χ4v) is 6.98. The zero-order chi connectivity index (χ0) is 30.1. The van der Waals surface area contributed by atoms with Crippen LogP contribution in [0.2, 0.25) is 0 Å². The summed E-state index contributed by atoms with van der Waals surface area (Å²) in [4.78, 5) is 2.16. The van der Waals surface area contributed by atoms with Gasteiger partial charge in [-0.25, -0.2) is 0 Å². The third-order valence-corrected chi connectivity index (χ3v) is 9.44. The number of benzene rings is 3. The predicted octanol–water partition coefficient (Wildman–Crippen LogP) is 5.53. The lowest BCUT2D eigenvalue weighted by Crippen LogP contribution is -2.35. The molecule has 3 aromatic carbocycles. The van der Waals surface area contributed by atoms with Crippen LogP contribution in [-0.4, -0.2) is 44.0 Å². The van der Waals surface area contributed by atoms with E-state index in [0.29, 0.717) is 19.5 Å². The summed E-state index contributed by atoms with van der Waals surface area (Å²) in [7, 11) is -8.08. The van der Waals surface area contributed by atoms with Crippen LogP contribution < -0.4 is 9.47 Å². The third kappa shape index (κ3) is 6.42. The minimum absolute atomic E-state index is 0.281. The summed E-state index contributed by atoms with van der Waals surface area (Å²) in [5.41, 5.74) is 4.82. The van der Waals surface area contributed by atoms with Crippen LogP contribution in [0.4, 0.5) is 5.69 Å². The van der Waals surface area contributed by atoms with Crippen molar-refractivity contribution in [3.05, 3.63) is 102 Å². The molecule has 10 heteroatoms. The molecule has 42 heavy (non-hydrogen) atoms. The summed E-state index contributed by atoms with van der Waals surface area (Å²) < 4.78 is 65.7. The van der Waals surface area contributed by atoms with Crippen molar-refractivity contribution in [2.75, 3.05) is 23.0 Å². The number of anilines is 1. The minimum Gasteiger partial charge on any atom is -0.344 e. The molecule has 0 fully saturated rings. The van der Waals surface area contributed by atoms with Gasteiger partial charge in [0.15, 0.2) is 6.20 Å². The Hall–Kier alpha value is -3.57. The zero-order valence-electron chi connectivity index (χ0n) is 23.6. The average Bonchev–Trinajstić information content (AvgIpc) is 3.14. The molecule has 1 aliphatic heterocycles. The van der Waals surface area contributed by atoms with Gasteiger partial charge in [-0.1, -0.05) is 68.5 Å². The van der Waals surface area contributed by atoms with Crippen molar-refractivity contribution in [3.63, 3.8) is 0 Å². The van der Waals surface area contributed by atoms with Crippen LogP contribution in [0.1, 0.15) is 37.8 Å². The van der Waals surface area contributed by atoms with Gasteiger partial charge in [0, 0.05) is 41.9 Å². The first-order valence-corrected chi connectivity index (χ1v) is 17.1. The minimum atomic E-state index is -4.07. The molecule has 2 N–H and O–H groups in total. The van der Waals surface area contributed by atoms with E-state index in [2.05, 4.69) is 49.1 Å². The number of nitrogens with zero attached hydrogens (tertiary/aromatic N) is 2. The first-order valence-electron chi connectivity index (χ1n) is 13.9. The van der Waals surface area contributed by atoms with Gasteiger partial charge in [0.2, 0.25) is 5.52 Å². The Labute approximate surface area is 247 Å². The highest BCUT2D eigenvalue weighted by molar-refractivity contribution is 7.86. The van der Waals surface area contributed by atoms with Gasteiger partial charge in [0.25, 0.3) is 20.2 Å². The van der Waals surface area contributed by atoms with Crippen molar-refractivity contribution in [2.24, 2.45) is 0 Å². The Kier molecular flexibility index (Phi) is 8.26. The lowest BCUT2D eigenvalue weighted by Gasteiger charge is -2.27. The number of hydrogen-bond acceptors (Lipinski definition) is 5. The van der Waals surface area contributed by atoms with Gasteiger partial charge < -0.3 is 4.90 Å². The number of aromatic nitrogens is 1. The second kappa shape index (κ2) is 11.6. The standard InChI is InChI=1S/C32H34N2O6S2/c1-32(2)30(34(20-9-23-42(38,39)40)29-17-16-24-10-3-4-13-27(24)31(29)32)15-7-11-25-18-21-33(19-8-22-41(35,36)37)28-14-6-5-12-26(25)28/h3-7,10-18,21H,8-9,19-20,22-23H2,1-2H3,(H-,35,36,37,38,39,40)/p+1. The Bertz CT molecular complexity index is 1930. The van der Waals surface area contributed by atoms with Crippen LogP contribution in [0.15, 0.2) is 90.8 Å². The molecular formula is C32H35N2O6S2+. The summed E-state index contributed by atoms with van der Waals surface area (Å²) in [6.07, 6.45) is 8.61. The molecule has 0 saturated heterocycles. The van der Waals surface area contributed by atoms with Gasteiger partial charge in [-0.05, 0) is 46.5 Å². The van der Waals surface area contributed by atoms with E-state index in [-0.39, 0.29) is 23.3 Å². The van der Waals surface area contributed by atoms with E-state index in [0.717, 1.165) is 38.6 Å². The maximum atomic E-state index is 11.5. The Balaban J connectivity index is 1.51.